The summed E-state index contributed by atoms with van der Waals surface area (Å²) in [5, 5.41) is 0.0178. The third-order valence-electron chi connectivity index (χ3n) is 3.93. The Morgan fingerprint density at radius 2 is 1.95 bits per heavy atom. The molecule has 0 radical (unpaired) electrons. The molecule has 2 rings (SSSR count). The highest BCUT2D eigenvalue weighted by Gasteiger charge is 2.32. The molecule has 0 spiro atoms. The molecule has 0 amide bonds. The average molecular weight is 382 g/mol. The molecule has 1 heterocycles. The van der Waals surface area contributed by atoms with Crippen molar-refractivity contribution in [3.63, 3.8) is 0 Å². The molecular weight excluding hydrogens is 364 g/mol. The number of rotatable bonds is 3. The van der Waals surface area contributed by atoms with E-state index in [1.807, 2.05) is 0 Å². The van der Waals surface area contributed by atoms with Gasteiger partial charge in [-0.25, -0.2) is 13.4 Å². The predicted octanol–water partition coefficient (Wildman–Crippen LogP) is 3.70. The van der Waals surface area contributed by atoms with Crippen molar-refractivity contribution < 1.29 is 8.42 Å². The van der Waals surface area contributed by atoms with Gasteiger partial charge in [0.2, 0.25) is 10.0 Å². The van der Waals surface area contributed by atoms with Crippen LogP contribution in [0, 0.1) is 5.92 Å². The van der Waals surface area contributed by atoms with Gasteiger partial charge in [-0.05, 0) is 53.6 Å². The molecule has 1 aliphatic carbocycles. The summed E-state index contributed by atoms with van der Waals surface area (Å²) < 4.78 is 27.4. The summed E-state index contributed by atoms with van der Waals surface area (Å²) in [6.45, 7) is 2.21. The molecule has 1 aliphatic rings. The van der Waals surface area contributed by atoms with Crippen molar-refractivity contribution >= 4 is 37.6 Å². The third kappa shape index (κ3) is 3.35. The fraction of sp³-hybridized carbons (Fsp3) is 0.615. The van der Waals surface area contributed by atoms with Crippen LogP contribution >= 0.6 is 27.5 Å². The monoisotopic (exact) mass is 380 g/mol. The SMILES string of the molecule is CC1CCC(N(C)S(=O)(=O)c2cc(Br)cnc2Cl)CC1. The van der Waals surface area contributed by atoms with Crippen LogP contribution in [0.2, 0.25) is 5.15 Å². The Bertz CT molecular complexity index is 586. The maximum Gasteiger partial charge on any atom is 0.246 e. The largest absolute Gasteiger partial charge is 0.246 e. The quantitative estimate of drug-likeness (QED) is 0.750. The van der Waals surface area contributed by atoms with Crippen LogP contribution in [-0.4, -0.2) is 30.8 Å². The van der Waals surface area contributed by atoms with E-state index in [4.69, 9.17) is 11.6 Å². The van der Waals surface area contributed by atoms with Crippen molar-refractivity contribution in [2.24, 2.45) is 5.92 Å². The zero-order valence-corrected chi connectivity index (χ0v) is 14.7. The number of hydrogen-bond acceptors (Lipinski definition) is 3. The van der Waals surface area contributed by atoms with E-state index in [-0.39, 0.29) is 16.1 Å². The van der Waals surface area contributed by atoms with Gasteiger partial charge in [0.1, 0.15) is 10.0 Å². The molecule has 112 valence electrons. The molecule has 1 fully saturated rings. The number of aromatic nitrogens is 1. The second-order valence-corrected chi connectivity index (χ2v) is 8.62. The summed E-state index contributed by atoms with van der Waals surface area (Å²) in [5.74, 6) is 0.679. The van der Waals surface area contributed by atoms with Gasteiger partial charge in [0, 0.05) is 23.8 Å². The van der Waals surface area contributed by atoms with Gasteiger partial charge in [-0.3, -0.25) is 0 Å². The first-order valence-electron chi connectivity index (χ1n) is 6.61. The number of hydrogen-bond donors (Lipinski definition) is 0. The van der Waals surface area contributed by atoms with Gasteiger partial charge >= 0.3 is 0 Å². The minimum atomic E-state index is -3.60. The zero-order valence-electron chi connectivity index (χ0n) is 11.5. The van der Waals surface area contributed by atoms with Crippen LogP contribution in [0.15, 0.2) is 21.6 Å². The van der Waals surface area contributed by atoms with Gasteiger partial charge in [-0.15, -0.1) is 0 Å². The molecule has 1 saturated carbocycles. The normalized spacial score (nSPS) is 24.1. The summed E-state index contributed by atoms with van der Waals surface area (Å²) in [4.78, 5) is 3.96. The van der Waals surface area contributed by atoms with Crippen LogP contribution in [0.1, 0.15) is 32.6 Å². The van der Waals surface area contributed by atoms with E-state index in [1.54, 1.807) is 7.05 Å². The molecule has 0 bridgehead atoms. The Balaban J connectivity index is 2.27. The Kier molecular flexibility index (Phi) is 5.10. The lowest BCUT2D eigenvalue weighted by Crippen LogP contribution is -2.39. The van der Waals surface area contributed by atoms with Crippen molar-refractivity contribution in [3.8, 4) is 0 Å². The fourth-order valence-corrected chi connectivity index (χ4v) is 4.88. The van der Waals surface area contributed by atoms with Crippen molar-refractivity contribution in [1.82, 2.24) is 9.29 Å². The fourth-order valence-electron chi connectivity index (χ4n) is 2.54. The van der Waals surface area contributed by atoms with Crippen molar-refractivity contribution in [2.75, 3.05) is 7.05 Å². The molecule has 4 nitrogen and oxygen atoms in total. The summed E-state index contributed by atoms with van der Waals surface area (Å²) in [5.41, 5.74) is 0. The van der Waals surface area contributed by atoms with Crippen molar-refractivity contribution in [1.29, 1.82) is 0 Å². The minimum absolute atomic E-state index is 0.0178. The molecule has 0 atom stereocenters. The van der Waals surface area contributed by atoms with Gasteiger partial charge < -0.3 is 0 Å². The van der Waals surface area contributed by atoms with E-state index >= 15 is 0 Å². The molecule has 0 aliphatic heterocycles. The third-order valence-corrected chi connectivity index (χ3v) is 6.70. The number of sulfonamides is 1. The Labute approximate surface area is 133 Å². The lowest BCUT2D eigenvalue weighted by Gasteiger charge is -2.32. The lowest BCUT2D eigenvalue weighted by atomic mass is 9.87. The number of nitrogens with zero attached hydrogens (tertiary/aromatic N) is 2. The van der Waals surface area contributed by atoms with Crippen LogP contribution in [0.5, 0.6) is 0 Å². The zero-order chi connectivity index (χ0) is 14.9. The molecule has 1 aromatic rings. The standard InChI is InChI=1S/C13H18BrClN2O2S/c1-9-3-5-11(6-4-9)17(2)20(18,19)12-7-10(14)8-16-13(12)15/h7-9,11H,3-6H2,1-2H3. The van der Waals surface area contributed by atoms with Gasteiger partial charge in [0.05, 0.1) is 0 Å². The van der Waals surface area contributed by atoms with Crippen LogP contribution < -0.4 is 0 Å². The van der Waals surface area contributed by atoms with E-state index in [2.05, 4.69) is 27.8 Å². The molecule has 0 aromatic carbocycles. The molecule has 7 heteroatoms. The van der Waals surface area contributed by atoms with Crippen LogP contribution in [0.25, 0.3) is 0 Å². The van der Waals surface area contributed by atoms with Gasteiger partial charge in [-0.1, -0.05) is 18.5 Å². The smallest absolute Gasteiger partial charge is 0.242 e. The first-order chi connectivity index (χ1) is 9.32. The van der Waals surface area contributed by atoms with Crippen molar-refractivity contribution in [2.45, 2.75) is 43.5 Å². The summed E-state index contributed by atoms with van der Waals surface area (Å²) in [6, 6.07) is 1.55. The minimum Gasteiger partial charge on any atom is -0.242 e. The van der Waals surface area contributed by atoms with E-state index in [0.717, 1.165) is 25.7 Å². The highest BCUT2D eigenvalue weighted by molar-refractivity contribution is 9.10. The summed E-state index contributed by atoms with van der Waals surface area (Å²) in [6.07, 6.45) is 5.42. The molecule has 1 aromatic heterocycles. The van der Waals surface area contributed by atoms with Crippen LogP contribution in [0.3, 0.4) is 0 Å². The second-order valence-electron chi connectivity index (χ2n) is 5.38. The van der Waals surface area contributed by atoms with Gasteiger partial charge in [-0.2, -0.15) is 4.31 Å². The lowest BCUT2D eigenvalue weighted by molar-refractivity contribution is 0.246. The molecule has 0 unspecified atom stereocenters. The van der Waals surface area contributed by atoms with E-state index < -0.39 is 10.0 Å². The highest BCUT2D eigenvalue weighted by atomic mass is 79.9. The summed E-state index contributed by atoms with van der Waals surface area (Å²) in [7, 11) is -1.97. The molecular formula is C13H18BrClN2O2S. The molecule has 0 saturated heterocycles. The average Bonchev–Trinajstić information content (AvgIpc) is 2.41. The second kappa shape index (κ2) is 6.30. The molecule has 20 heavy (non-hydrogen) atoms. The predicted molar refractivity (Wildman–Crippen MR) is 83.3 cm³/mol. The van der Waals surface area contributed by atoms with E-state index in [1.165, 1.54) is 16.6 Å². The Morgan fingerprint density at radius 3 is 2.55 bits per heavy atom. The topological polar surface area (TPSA) is 50.3 Å². The first-order valence-corrected chi connectivity index (χ1v) is 9.22. The van der Waals surface area contributed by atoms with Crippen LogP contribution in [0.4, 0.5) is 0 Å². The Hall–Kier alpha value is -0.170. The summed E-state index contributed by atoms with van der Waals surface area (Å²) >= 11 is 9.19. The first kappa shape index (κ1) is 16.2. The van der Waals surface area contributed by atoms with Crippen LogP contribution in [-0.2, 0) is 10.0 Å². The molecule has 0 N–H and O–H groups in total. The van der Waals surface area contributed by atoms with Gasteiger partial charge in [0.25, 0.3) is 0 Å². The highest BCUT2D eigenvalue weighted by Crippen LogP contribution is 2.31. The number of pyridine rings is 1. The van der Waals surface area contributed by atoms with Crippen molar-refractivity contribution in [3.05, 3.63) is 21.9 Å². The maximum atomic E-state index is 12.7. The van der Waals surface area contributed by atoms with E-state index in [0.29, 0.717) is 10.4 Å². The Morgan fingerprint density at radius 1 is 1.35 bits per heavy atom. The van der Waals surface area contributed by atoms with Gasteiger partial charge in [0.15, 0.2) is 0 Å². The number of halogens is 2. The maximum absolute atomic E-state index is 12.7. The van der Waals surface area contributed by atoms with E-state index in [9.17, 15) is 8.42 Å².